The van der Waals surface area contributed by atoms with E-state index in [2.05, 4.69) is 25.7 Å². The SMILES string of the molecule is O=C(Nc1ccc(-n2cncn2)c(F)c1)c1ccc(C(=O)Nc2ccccc2Oc2cccnc2)s1. The van der Waals surface area contributed by atoms with Gasteiger partial charge in [0.1, 0.15) is 24.1 Å². The molecule has 2 aromatic carbocycles. The third-order valence-electron chi connectivity index (χ3n) is 4.92. The molecule has 0 saturated carbocycles. The first-order valence-electron chi connectivity index (χ1n) is 10.6. The number of benzene rings is 2. The van der Waals surface area contributed by atoms with E-state index in [9.17, 15) is 14.0 Å². The van der Waals surface area contributed by atoms with Crippen molar-refractivity contribution in [2.24, 2.45) is 0 Å². The normalized spacial score (nSPS) is 10.6. The second kappa shape index (κ2) is 10.2. The van der Waals surface area contributed by atoms with Crippen molar-refractivity contribution in [3.05, 3.63) is 107 Å². The first kappa shape index (κ1) is 22.9. The van der Waals surface area contributed by atoms with Crippen LogP contribution < -0.4 is 15.4 Å². The lowest BCUT2D eigenvalue weighted by atomic mass is 10.2. The standard InChI is InChI=1S/C25H17FN6O3S/c26-18-12-16(7-8-20(18)32-15-28-14-29-32)30-24(33)22-9-10-23(36-22)25(34)31-19-5-1-2-6-21(19)35-17-4-3-11-27-13-17/h1-15H,(H,30,33)(H,31,34). The number of amides is 2. The number of hydrogen-bond acceptors (Lipinski definition) is 7. The van der Waals surface area contributed by atoms with E-state index in [-0.39, 0.29) is 11.4 Å². The summed E-state index contributed by atoms with van der Waals surface area (Å²) in [7, 11) is 0. The number of anilines is 2. The fourth-order valence-corrected chi connectivity index (χ4v) is 4.05. The van der Waals surface area contributed by atoms with Gasteiger partial charge in [0, 0.05) is 11.9 Å². The molecule has 5 aromatic rings. The Balaban J connectivity index is 1.26. The largest absolute Gasteiger partial charge is 0.454 e. The van der Waals surface area contributed by atoms with Crippen LogP contribution in [-0.4, -0.2) is 31.6 Å². The van der Waals surface area contributed by atoms with Gasteiger partial charge >= 0.3 is 0 Å². The first-order valence-corrected chi connectivity index (χ1v) is 11.4. The van der Waals surface area contributed by atoms with Crippen LogP contribution >= 0.6 is 11.3 Å². The molecule has 5 rings (SSSR count). The summed E-state index contributed by atoms with van der Waals surface area (Å²) in [6.07, 6.45) is 5.87. The fourth-order valence-electron chi connectivity index (χ4n) is 3.25. The maximum atomic E-state index is 14.4. The number of nitrogens with one attached hydrogen (secondary N) is 2. The molecule has 0 fully saturated rings. The Hall–Kier alpha value is -4.90. The van der Waals surface area contributed by atoms with Crippen molar-refractivity contribution in [2.75, 3.05) is 10.6 Å². The molecule has 0 aliphatic carbocycles. The number of thiophene rings is 1. The van der Waals surface area contributed by atoms with E-state index in [0.29, 0.717) is 26.9 Å². The second-order valence-corrected chi connectivity index (χ2v) is 8.45. The first-order chi connectivity index (χ1) is 17.6. The number of carbonyl (C=O) groups is 2. The lowest BCUT2D eigenvalue weighted by Crippen LogP contribution is -2.12. The van der Waals surface area contributed by atoms with Crippen molar-refractivity contribution in [2.45, 2.75) is 0 Å². The Morgan fingerprint density at radius 2 is 1.72 bits per heavy atom. The van der Waals surface area contributed by atoms with Crippen LogP contribution in [0.3, 0.4) is 0 Å². The number of rotatable bonds is 7. The molecular formula is C25H17FN6O3S. The van der Waals surface area contributed by atoms with Gasteiger partial charge in [0.25, 0.3) is 11.8 Å². The topological polar surface area (TPSA) is 111 Å². The van der Waals surface area contributed by atoms with Crippen LogP contribution in [0.1, 0.15) is 19.3 Å². The number of aromatic nitrogens is 4. The average Bonchev–Trinajstić information content (AvgIpc) is 3.59. The molecule has 2 N–H and O–H groups in total. The minimum absolute atomic E-state index is 0.202. The van der Waals surface area contributed by atoms with Crippen molar-refractivity contribution >= 4 is 34.5 Å². The van der Waals surface area contributed by atoms with E-state index in [1.807, 2.05) is 0 Å². The molecule has 0 bridgehead atoms. The molecule has 0 saturated heterocycles. The third-order valence-corrected chi connectivity index (χ3v) is 6.00. The predicted octanol–water partition coefficient (Wildman–Crippen LogP) is 5.16. The maximum Gasteiger partial charge on any atom is 0.265 e. The molecule has 0 aliphatic rings. The Morgan fingerprint density at radius 1 is 0.917 bits per heavy atom. The molecule has 0 unspecified atom stereocenters. The minimum atomic E-state index is -0.572. The van der Waals surface area contributed by atoms with Crippen molar-refractivity contribution in [3.8, 4) is 17.2 Å². The van der Waals surface area contributed by atoms with E-state index in [1.54, 1.807) is 60.9 Å². The number of nitrogens with zero attached hydrogens (tertiary/aromatic N) is 4. The quantitative estimate of drug-likeness (QED) is 0.319. The number of pyridine rings is 1. The van der Waals surface area contributed by atoms with Gasteiger partial charge in [0.05, 0.1) is 21.6 Å². The lowest BCUT2D eigenvalue weighted by Gasteiger charge is -2.11. The van der Waals surface area contributed by atoms with Crippen LogP contribution in [0, 0.1) is 5.82 Å². The summed E-state index contributed by atoms with van der Waals surface area (Å²) in [5, 5.41) is 9.34. The van der Waals surface area contributed by atoms with Gasteiger partial charge in [-0.3, -0.25) is 14.6 Å². The van der Waals surface area contributed by atoms with Gasteiger partial charge < -0.3 is 15.4 Å². The van der Waals surface area contributed by atoms with E-state index in [1.165, 1.54) is 35.5 Å². The summed E-state index contributed by atoms with van der Waals surface area (Å²) in [6, 6.07) is 17.8. The molecule has 3 aromatic heterocycles. The van der Waals surface area contributed by atoms with Crippen LogP contribution in [0.4, 0.5) is 15.8 Å². The lowest BCUT2D eigenvalue weighted by molar-refractivity contribution is 0.102. The monoisotopic (exact) mass is 500 g/mol. The smallest absolute Gasteiger partial charge is 0.265 e. The highest BCUT2D eigenvalue weighted by Crippen LogP contribution is 2.30. The summed E-state index contributed by atoms with van der Waals surface area (Å²) in [5.74, 6) is -0.460. The highest BCUT2D eigenvalue weighted by Gasteiger charge is 2.17. The van der Waals surface area contributed by atoms with Gasteiger partial charge in [0.15, 0.2) is 11.6 Å². The zero-order valence-electron chi connectivity index (χ0n) is 18.5. The van der Waals surface area contributed by atoms with Gasteiger partial charge in [-0.2, -0.15) is 5.10 Å². The van der Waals surface area contributed by atoms with Crippen molar-refractivity contribution in [3.63, 3.8) is 0 Å². The molecular weight excluding hydrogens is 483 g/mol. The maximum absolute atomic E-state index is 14.4. The van der Waals surface area contributed by atoms with Gasteiger partial charge in [-0.05, 0) is 54.6 Å². The fraction of sp³-hybridized carbons (Fsp3) is 0. The molecule has 0 aliphatic heterocycles. The predicted molar refractivity (Wildman–Crippen MR) is 132 cm³/mol. The second-order valence-electron chi connectivity index (χ2n) is 7.37. The molecule has 2 amide bonds. The van der Waals surface area contributed by atoms with E-state index in [4.69, 9.17) is 4.74 Å². The zero-order valence-corrected chi connectivity index (χ0v) is 19.3. The Bertz CT molecular complexity index is 1520. The molecule has 178 valence electrons. The number of para-hydroxylation sites is 2. The van der Waals surface area contributed by atoms with E-state index >= 15 is 0 Å². The summed E-state index contributed by atoms with van der Waals surface area (Å²) in [6.45, 7) is 0. The highest BCUT2D eigenvalue weighted by molar-refractivity contribution is 7.16. The van der Waals surface area contributed by atoms with Crippen molar-refractivity contribution < 1.29 is 18.7 Å². The van der Waals surface area contributed by atoms with E-state index in [0.717, 1.165) is 11.3 Å². The van der Waals surface area contributed by atoms with E-state index < -0.39 is 17.6 Å². The summed E-state index contributed by atoms with van der Waals surface area (Å²) >= 11 is 1.01. The Kier molecular flexibility index (Phi) is 6.45. The van der Waals surface area contributed by atoms with Crippen LogP contribution in [0.2, 0.25) is 0 Å². The Labute approximate surface area is 208 Å². The highest BCUT2D eigenvalue weighted by atomic mass is 32.1. The number of halogens is 1. The number of ether oxygens (including phenoxy) is 1. The molecule has 36 heavy (non-hydrogen) atoms. The Morgan fingerprint density at radius 3 is 2.44 bits per heavy atom. The molecule has 0 spiro atoms. The molecule has 0 radical (unpaired) electrons. The summed E-state index contributed by atoms with van der Waals surface area (Å²) < 4.78 is 21.6. The van der Waals surface area contributed by atoms with Gasteiger partial charge in [0.2, 0.25) is 0 Å². The van der Waals surface area contributed by atoms with Crippen LogP contribution in [0.5, 0.6) is 11.5 Å². The third kappa shape index (κ3) is 5.10. The summed E-state index contributed by atoms with van der Waals surface area (Å²) in [4.78, 5) is 33.9. The van der Waals surface area contributed by atoms with Gasteiger partial charge in [-0.15, -0.1) is 11.3 Å². The van der Waals surface area contributed by atoms with Gasteiger partial charge in [-0.25, -0.2) is 14.1 Å². The number of carbonyl (C=O) groups excluding carboxylic acids is 2. The number of hydrogen-bond donors (Lipinski definition) is 2. The van der Waals surface area contributed by atoms with Crippen LogP contribution in [-0.2, 0) is 0 Å². The molecule has 0 atom stereocenters. The minimum Gasteiger partial charge on any atom is -0.454 e. The summed E-state index contributed by atoms with van der Waals surface area (Å²) in [5.41, 5.74) is 0.935. The van der Waals surface area contributed by atoms with Crippen LogP contribution in [0.25, 0.3) is 5.69 Å². The molecule has 9 nitrogen and oxygen atoms in total. The van der Waals surface area contributed by atoms with Gasteiger partial charge in [-0.1, -0.05) is 12.1 Å². The molecule has 11 heteroatoms. The average molecular weight is 501 g/mol. The van der Waals surface area contributed by atoms with Crippen molar-refractivity contribution in [1.29, 1.82) is 0 Å². The molecule has 3 heterocycles. The van der Waals surface area contributed by atoms with Crippen LogP contribution in [0.15, 0.2) is 91.8 Å². The zero-order chi connectivity index (χ0) is 24.9. The van der Waals surface area contributed by atoms with Crippen molar-refractivity contribution in [1.82, 2.24) is 19.7 Å².